The number of phosphoric acid groups is 3. The number of H-pyrrole nitrogens is 1. The molecule has 0 spiro atoms. The van der Waals surface area contributed by atoms with E-state index in [1.807, 2.05) is 0 Å². The van der Waals surface area contributed by atoms with Gasteiger partial charge in [-0.3, -0.25) is 23.9 Å². The van der Waals surface area contributed by atoms with Gasteiger partial charge in [0.25, 0.3) is 5.56 Å². The molecule has 9 N–H and O–H groups in total. The molecule has 1 aliphatic rings. The third kappa shape index (κ3) is 7.69. The second-order valence-corrected chi connectivity index (χ2v) is 12.6. The van der Waals surface area contributed by atoms with E-state index in [1.165, 1.54) is 29.2 Å². The smallest absolute Gasteiger partial charge is 0.456 e. The van der Waals surface area contributed by atoms with Crippen LogP contribution in [-0.2, 0) is 42.9 Å². The van der Waals surface area contributed by atoms with Crippen molar-refractivity contribution in [3.63, 3.8) is 0 Å². The van der Waals surface area contributed by atoms with Gasteiger partial charge in [0.1, 0.15) is 18.4 Å². The van der Waals surface area contributed by atoms with Crippen LogP contribution in [0, 0.1) is 0 Å². The van der Waals surface area contributed by atoms with Gasteiger partial charge in [0.2, 0.25) is 5.95 Å². The van der Waals surface area contributed by atoms with Crippen LogP contribution in [0.5, 0.6) is 0 Å². The first-order chi connectivity index (χ1) is 19.1. The minimum absolute atomic E-state index is 0.00691. The average Bonchev–Trinajstić information content (AvgIpc) is 3.44. The van der Waals surface area contributed by atoms with Crippen molar-refractivity contribution < 1.29 is 60.7 Å². The summed E-state index contributed by atoms with van der Waals surface area (Å²) in [5.74, 6) is -1.13. The van der Waals surface area contributed by atoms with Crippen LogP contribution in [0.15, 0.2) is 29.5 Å². The van der Waals surface area contributed by atoms with Crippen LogP contribution in [0.2, 0.25) is 0 Å². The number of nitrogens with two attached hydrogens (primary N) is 2. The second kappa shape index (κ2) is 11.8. The van der Waals surface area contributed by atoms with Crippen molar-refractivity contribution in [1.29, 1.82) is 0 Å². The first-order valence-corrected chi connectivity index (χ1v) is 15.6. The van der Waals surface area contributed by atoms with Crippen LogP contribution in [0.4, 0.5) is 5.95 Å². The highest BCUT2D eigenvalue weighted by Crippen LogP contribution is 2.66. The number of nitrogens with zero attached hydrogens (tertiary/aromatic N) is 4. The van der Waals surface area contributed by atoms with Gasteiger partial charge in [0.15, 0.2) is 11.2 Å². The monoisotopic (exact) mass is 641 g/mol. The number of pyridine rings is 1. The van der Waals surface area contributed by atoms with E-state index in [2.05, 4.69) is 33.1 Å². The van der Waals surface area contributed by atoms with Crippen LogP contribution in [-0.4, -0.2) is 68.9 Å². The molecule has 0 saturated carbocycles. The highest BCUT2D eigenvalue weighted by molar-refractivity contribution is 7.66. The zero-order valence-electron chi connectivity index (χ0n) is 20.3. The number of aromatic nitrogens is 5. The molecule has 0 radical (unpaired) electrons. The molecule has 0 amide bonds. The lowest BCUT2D eigenvalue weighted by atomic mass is 10.1. The predicted octanol–water partition coefficient (Wildman–Crippen LogP) is -0.588. The first kappa shape index (κ1) is 31.0. The molecule has 3 aromatic heterocycles. The van der Waals surface area contributed by atoms with Gasteiger partial charge >= 0.3 is 29.4 Å². The van der Waals surface area contributed by atoms with E-state index in [0.29, 0.717) is 0 Å². The summed E-state index contributed by atoms with van der Waals surface area (Å²) >= 11 is 0. The highest BCUT2D eigenvalue weighted by atomic mass is 31.3. The molecule has 0 bridgehead atoms. The fourth-order valence-corrected chi connectivity index (χ4v) is 6.79. The third-order valence-corrected chi connectivity index (χ3v) is 9.12. The Kier molecular flexibility index (Phi) is 8.91. The summed E-state index contributed by atoms with van der Waals surface area (Å²) in [7, 11) is -16.9. The molecule has 21 nitrogen and oxygen atoms in total. The van der Waals surface area contributed by atoms with Crippen LogP contribution in [0.3, 0.4) is 0 Å². The number of nitrogens with one attached hydrogen (secondary N) is 1. The summed E-state index contributed by atoms with van der Waals surface area (Å²) in [4.78, 5) is 75.9. The molecule has 41 heavy (non-hydrogen) atoms. The number of ether oxygens (including phenoxy) is 2. The number of hydrogen-bond donors (Lipinski definition) is 7. The maximum absolute atomic E-state index is 12.9. The minimum Gasteiger partial charge on any atom is -0.456 e. The van der Waals surface area contributed by atoms with Crippen molar-refractivity contribution in [1.82, 2.24) is 24.5 Å². The van der Waals surface area contributed by atoms with Crippen molar-refractivity contribution >= 4 is 46.5 Å². The number of esters is 1. The number of phosphoric ester groups is 1. The molecule has 4 rings (SSSR count). The van der Waals surface area contributed by atoms with Crippen LogP contribution < -0.4 is 17.0 Å². The number of anilines is 1. The Labute approximate surface area is 227 Å². The Morgan fingerprint density at radius 2 is 1.90 bits per heavy atom. The van der Waals surface area contributed by atoms with Crippen LogP contribution in [0.25, 0.3) is 11.2 Å². The minimum atomic E-state index is -5.78. The summed E-state index contributed by atoms with van der Waals surface area (Å²) in [5.41, 5.74) is 10.7. The molecular weight excluding hydrogens is 619 g/mol. The van der Waals surface area contributed by atoms with Crippen LogP contribution in [0.1, 0.15) is 28.7 Å². The Bertz CT molecular complexity index is 1660. The van der Waals surface area contributed by atoms with Gasteiger partial charge in [-0.1, -0.05) is 0 Å². The summed E-state index contributed by atoms with van der Waals surface area (Å²) in [6.45, 7) is -1.04. The quantitative estimate of drug-likeness (QED) is 0.102. The standard InChI is InChI=1S/C17H22N7O14P3/c18-5-9-8(2-1-3-20-9)16(26)36-10-4-12(24-7-21-13-14(24)22-17(19)23-15(13)25)35-11(10)6-34-40(30,31)38-41(32,33)37-39(27,28)29/h1-3,7,10-12H,4-6,18H2,(H,30,31)(H,32,33)(H2,27,28,29)(H3,19,22,23,25)/t10-,11?,12-/m1/s1. The van der Waals surface area contributed by atoms with E-state index in [4.69, 9.17) is 30.7 Å². The van der Waals surface area contributed by atoms with Crippen LogP contribution >= 0.6 is 23.5 Å². The number of rotatable bonds is 11. The highest BCUT2D eigenvalue weighted by Gasteiger charge is 2.44. The molecule has 4 heterocycles. The SMILES string of the molecule is NCc1ncccc1C(=O)O[C@@H]1C[C@H](n2cnc3c(=O)[nH]c(N)nc32)OC1COP(=O)(O)OP(=O)(O)OP(=O)(O)O. The third-order valence-electron chi connectivity index (χ3n) is 5.32. The number of fused-ring (bicyclic) bond motifs is 1. The predicted molar refractivity (Wildman–Crippen MR) is 132 cm³/mol. The summed E-state index contributed by atoms with van der Waals surface area (Å²) in [5, 5.41) is 0. The van der Waals surface area contributed by atoms with E-state index in [9.17, 15) is 33.1 Å². The molecular formula is C17H22N7O14P3. The van der Waals surface area contributed by atoms with Crippen molar-refractivity contribution in [2.45, 2.75) is 31.4 Å². The van der Waals surface area contributed by atoms with E-state index in [1.54, 1.807) is 0 Å². The van der Waals surface area contributed by atoms with E-state index < -0.39 is 60.0 Å². The van der Waals surface area contributed by atoms with E-state index >= 15 is 0 Å². The zero-order chi connectivity index (χ0) is 30.2. The van der Waals surface area contributed by atoms with Crippen molar-refractivity contribution in [3.8, 4) is 0 Å². The summed E-state index contributed by atoms with van der Waals surface area (Å²) < 4.78 is 59.4. The van der Waals surface area contributed by atoms with Crippen molar-refractivity contribution in [3.05, 3.63) is 46.3 Å². The lowest BCUT2D eigenvalue weighted by Crippen LogP contribution is -2.31. The molecule has 5 atom stereocenters. The van der Waals surface area contributed by atoms with Crippen molar-refractivity contribution in [2.75, 3.05) is 12.3 Å². The Balaban J connectivity index is 1.58. The zero-order valence-corrected chi connectivity index (χ0v) is 23.0. The fourth-order valence-electron chi connectivity index (χ4n) is 3.76. The molecule has 3 aromatic rings. The number of carbonyl (C=O) groups is 1. The summed E-state index contributed by atoms with van der Waals surface area (Å²) in [6, 6.07) is 2.86. The molecule has 1 fully saturated rings. The molecule has 1 aliphatic heterocycles. The first-order valence-electron chi connectivity index (χ1n) is 11.1. The maximum Gasteiger partial charge on any atom is 0.490 e. The van der Waals surface area contributed by atoms with Crippen molar-refractivity contribution in [2.24, 2.45) is 5.73 Å². The maximum atomic E-state index is 12.9. The van der Waals surface area contributed by atoms with Gasteiger partial charge in [0.05, 0.1) is 24.2 Å². The van der Waals surface area contributed by atoms with Gasteiger partial charge in [-0.05, 0) is 12.1 Å². The molecule has 3 unspecified atom stereocenters. The number of imidazole rings is 1. The van der Waals surface area contributed by atoms with Gasteiger partial charge < -0.3 is 40.5 Å². The number of nitrogen functional groups attached to an aromatic ring is 1. The number of hydrogen-bond acceptors (Lipinski definition) is 15. The summed E-state index contributed by atoms with van der Waals surface area (Å²) in [6.07, 6.45) is -1.23. The molecule has 0 aromatic carbocycles. The molecule has 1 saturated heterocycles. The van der Waals surface area contributed by atoms with Gasteiger partial charge in [-0.15, -0.1) is 0 Å². The normalized spacial score (nSPS) is 22.3. The molecule has 0 aliphatic carbocycles. The fraction of sp³-hybridized carbons (Fsp3) is 0.353. The average molecular weight is 641 g/mol. The topological polar surface area (TPSA) is 324 Å². The Morgan fingerprint density at radius 3 is 2.59 bits per heavy atom. The Hall–Kier alpha value is -2.90. The lowest BCUT2D eigenvalue weighted by molar-refractivity contribution is -0.0490. The second-order valence-electron chi connectivity index (χ2n) is 8.17. The number of carbonyl (C=O) groups excluding carboxylic acids is 1. The number of aromatic amines is 1. The molecule has 224 valence electrons. The van der Waals surface area contributed by atoms with Gasteiger partial charge in [0, 0.05) is 19.2 Å². The van der Waals surface area contributed by atoms with E-state index in [-0.39, 0.29) is 41.3 Å². The Morgan fingerprint density at radius 1 is 1.17 bits per heavy atom. The lowest BCUT2D eigenvalue weighted by Gasteiger charge is -2.21. The van der Waals surface area contributed by atoms with E-state index in [0.717, 1.165) is 0 Å². The molecule has 24 heteroatoms. The largest absolute Gasteiger partial charge is 0.490 e. The van der Waals surface area contributed by atoms with Gasteiger partial charge in [-0.25, -0.2) is 23.5 Å². The van der Waals surface area contributed by atoms with Gasteiger partial charge in [-0.2, -0.15) is 13.6 Å².